The van der Waals surface area contributed by atoms with E-state index >= 15 is 0 Å². The second kappa shape index (κ2) is 11.0. The minimum atomic E-state index is -0.890. The summed E-state index contributed by atoms with van der Waals surface area (Å²) in [6.45, 7) is 2.24. The van der Waals surface area contributed by atoms with Crippen LogP contribution in [0, 0.1) is 34.8 Å². The van der Waals surface area contributed by atoms with E-state index in [2.05, 4.69) is 6.92 Å². The molecule has 0 aromatic heterocycles. The Labute approximate surface area is 183 Å². The fraction of sp³-hybridized carbons (Fsp3) is 0.462. The van der Waals surface area contributed by atoms with Crippen molar-refractivity contribution >= 4 is 5.97 Å². The van der Waals surface area contributed by atoms with Gasteiger partial charge in [-0.1, -0.05) is 57.9 Å². The number of carbonyl (C=O) groups excluding carboxylic acids is 1. The molecule has 3 nitrogen and oxygen atoms in total. The minimum Gasteiger partial charge on any atom is -0.423 e. The maximum absolute atomic E-state index is 14.5. The van der Waals surface area contributed by atoms with Gasteiger partial charge in [0, 0.05) is 6.07 Å². The molecule has 0 aliphatic heterocycles. The van der Waals surface area contributed by atoms with Crippen LogP contribution in [0.5, 0.6) is 5.75 Å². The minimum absolute atomic E-state index is 0.0699. The lowest BCUT2D eigenvalue weighted by Crippen LogP contribution is -2.15. The number of unbranched alkanes of at least 4 members (excludes halogenated alkanes) is 1. The molecule has 0 amide bonds. The van der Waals surface area contributed by atoms with Gasteiger partial charge in [0.05, 0.1) is 11.1 Å². The van der Waals surface area contributed by atoms with E-state index in [0.29, 0.717) is 5.92 Å². The van der Waals surface area contributed by atoms with Crippen LogP contribution in [0.2, 0.25) is 0 Å². The molecular formula is C26H29F2NO2. The third-order valence-corrected chi connectivity index (χ3v) is 6.30. The molecule has 5 heteroatoms. The van der Waals surface area contributed by atoms with E-state index in [4.69, 9.17) is 10.00 Å². The lowest BCUT2D eigenvalue weighted by Gasteiger charge is -2.28. The molecule has 1 fully saturated rings. The fourth-order valence-electron chi connectivity index (χ4n) is 4.36. The van der Waals surface area contributed by atoms with Crippen LogP contribution >= 0.6 is 0 Å². The van der Waals surface area contributed by atoms with Crippen molar-refractivity contribution in [1.29, 1.82) is 5.26 Å². The number of rotatable bonds is 8. The molecule has 0 bridgehead atoms. The fourth-order valence-corrected chi connectivity index (χ4v) is 4.36. The first kappa shape index (κ1) is 22.9. The monoisotopic (exact) mass is 425 g/mol. The van der Waals surface area contributed by atoms with Crippen LogP contribution in [0.15, 0.2) is 36.4 Å². The summed E-state index contributed by atoms with van der Waals surface area (Å²) in [4.78, 5) is 12.3. The molecule has 2 aromatic carbocycles. The third-order valence-electron chi connectivity index (χ3n) is 6.30. The second-order valence-electron chi connectivity index (χ2n) is 8.52. The topological polar surface area (TPSA) is 50.1 Å². The number of ether oxygens (including phenoxy) is 1. The highest BCUT2D eigenvalue weighted by molar-refractivity contribution is 5.91. The van der Waals surface area contributed by atoms with E-state index in [1.165, 1.54) is 69.2 Å². The molecule has 0 spiro atoms. The first-order valence-corrected chi connectivity index (χ1v) is 11.2. The maximum Gasteiger partial charge on any atom is 0.346 e. The predicted octanol–water partition coefficient (Wildman–Crippen LogP) is 6.98. The van der Waals surface area contributed by atoms with Crippen molar-refractivity contribution in [1.82, 2.24) is 0 Å². The van der Waals surface area contributed by atoms with Gasteiger partial charge in [-0.2, -0.15) is 5.26 Å². The first-order chi connectivity index (χ1) is 15.0. The second-order valence-corrected chi connectivity index (χ2v) is 8.52. The van der Waals surface area contributed by atoms with Gasteiger partial charge in [0.1, 0.15) is 23.5 Å². The SMILES string of the molecule is CCCC[C@H]1CC[C@H](CCc2ccc(C(=O)Oc3ccc(C#N)c(F)c3)c(F)c2)CC1. The van der Waals surface area contributed by atoms with Crippen molar-refractivity contribution in [2.75, 3.05) is 0 Å². The summed E-state index contributed by atoms with van der Waals surface area (Å²) >= 11 is 0. The normalized spacial score (nSPS) is 18.4. The third kappa shape index (κ3) is 6.37. The van der Waals surface area contributed by atoms with Crippen LogP contribution in [0.1, 0.15) is 79.8 Å². The number of nitrogens with zero attached hydrogens (tertiary/aromatic N) is 1. The number of aryl methyl sites for hydroxylation is 1. The molecule has 0 unspecified atom stereocenters. The Kier molecular flexibility index (Phi) is 8.17. The Morgan fingerprint density at radius 1 is 1.03 bits per heavy atom. The number of benzene rings is 2. The van der Waals surface area contributed by atoms with Crippen molar-refractivity contribution in [3.63, 3.8) is 0 Å². The van der Waals surface area contributed by atoms with Gasteiger partial charge in [-0.15, -0.1) is 0 Å². The Bertz CT molecular complexity index is 943. The Morgan fingerprint density at radius 3 is 2.35 bits per heavy atom. The van der Waals surface area contributed by atoms with Crippen LogP contribution in [0.4, 0.5) is 8.78 Å². The molecule has 0 radical (unpaired) electrons. The number of carbonyl (C=O) groups is 1. The molecule has 0 atom stereocenters. The van der Waals surface area contributed by atoms with Crippen molar-refractivity contribution in [2.24, 2.45) is 11.8 Å². The number of hydrogen-bond acceptors (Lipinski definition) is 3. The molecule has 3 rings (SSSR count). The van der Waals surface area contributed by atoms with Crippen LogP contribution < -0.4 is 4.74 Å². The Hall–Kier alpha value is -2.74. The summed E-state index contributed by atoms with van der Waals surface area (Å²) in [7, 11) is 0. The zero-order valence-electron chi connectivity index (χ0n) is 18.0. The summed E-state index contributed by atoms with van der Waals surface area (Å²) in [6, 6.07) is 9.74. The average Bonchev–Trinajstić information content (AvgIpc) is 2.77. The molecule has 1 aliphatic carbocycles. The van der Waals surface area contributed by atoms with Gasteiger partial charge < -0.3 is 4.74 Å². The lowest BCUT2D eigenvalue weighted by atomic mass is 9.78. The molecule has 1 saturated carbocycles. The molecule has 1 aliphatic rings. The van der Waals surface area contributed by atoms with Gasteiger partial charge in [-0.25, -0.2) is 13.6 Å². The average molecular weight is 426 g/mol. The maximum atomic E-state index is 14.5. The summed E-state index contributed by atoms with van der Waals surface area (Å²) < 4.78 is 33.2. The number of hydrogen-bond donors (Lipinski definition) is 0. The van der Waals surface area contributed by atoms with E-state index in [1.54, 1.807) is 12.1 Å². The van der Waals surface area contributed by atoms with Crippen molar-refractivity contribution < 1.29 is 18.3 Å². The Morgan fingerprint density at radius 2 is 1.74 bits per heavy atom. The van der Waals surface area contributed by atoms with E-state index in [-0.39, 0.29) is 16.9 Å². The summed E-state index contributed by atoms with van der Waals surface area (Å²) in [5, 5.41) is 8.75. The van der Waals surface area contributed by atoms with Crippen molar-refractivity contribution in [3.8, 4) is 11.8 Å². The van der Waals surface area contributed by atoms with Crippen LogP contribution in [0.3, 0.4) is 0 Å². The van der Waals surface area contributed by atoms with E-state index in [9.17, 15) is 13.6 Å². The molecule has 0 N–H and O–H groups in total. The highest BCUT2D eigenvalue weighted by Gasteiger charge is 2.21. The number of esters is 1. The van der Waals surface area contributed by atoms with Gasteiger partial charge in [-0.3, -0.25) is 0 Å². The van der Waals surface area contributed by atoms with Gasteiger partial charge in [-0.05, 0) is 54.5 Å². The summed E-state index contributed by atoms with van der Waals surface area (Å²) in [5.41, 5.74) is 0.529. The quantitative estimate of drug-likeness (QED) is 0.338. The number of nitriles is 1. The smallest absolute Gasteiger partial charge is 0.346 e. The predicted molar refractivity (Wildman–Crippen MR) is 116 cm³/mol. The zero-order valence-corrected chi connectivity index (χ0v) is 18.0. The zero-order chi connectivity index (χ0) is 22.2. The number of halogens is 2. The molecule has 164 valence electrons. The molecule has 31 heavy (non-hydrogen) atoms. The highest BCUT2D eigenvalue weighted by atomic mass is 19.1. The largest absolute Gasteiger partial charge is 0.423 e. The highest BCUT2D eigenvalue weighted by Crippen LogP contribution is 2.34. The van der Waals surface area contributed by atoms with Crippen molar-refractivity contribution in [3.05, 3.63) is 64.7 Å². The van der Waals surface area contributed by atoms with E-state index < -0.39 is 17.6 Å². The molecule has 0 saturated heterocycles. The van der Waals surface area contributed by atoms with Gasteiger partial charge in [0.15, 0.2) is 0 Å². The first-order valence-electron chi connectivity index (χ1n) is 11.2. The van der Waals surface area contributed by atoms with Gasteiger partial charge >= 0.3 is 5.97 Å². The standard InChI is InChI=1S/C26H29F2NO2/c1-2-3-4-18-5-7-19(8-6-18)9-10-20-11-14-23(25(28)15-20)26(30)31-22-13-12-21(17-29)24(27)16-22/h11-16,18-19H,2-10H2,1H3/t18-,19-. The van der Waals surface area contributed by atoms with E-state index in [1.807, 2.05) is 0 Å². The molecular weight excluding hydrogens is 396 g/mol. The van der Waals surface area contributed by atoms with Gasteiger partial charge in [0.25, 0.3) is 0 Å². The van der Waals surface area contributed by atoms with Crippen LogP contribution in [-0.2, 0) is 6.42 Å². The molecule has 0 heterocycles. The van der Waals surface area contributed by atoms with E-state index in [0.717, 1.165) is 30.4 Å². The van der Waals surface area contributed by atoms with Crippen LogP contribution in [0.25, 0.3) is 0 Å². The lowest BCUT2D eigenvalue weighted by molar-refractivity contribution is 0.0729. The summed E-state index contributed by atoms with van der Waals surface area (Å²) in [6.07, 6.45) is 10.9. The van der Waals surface area contributed by atoms with Crippen molar-refractivity contribution in [2.45, 2.75) is 64.7 Å². The Balaban J connectivity index is 1.52. The van der Waals surface area contributed by atoms with Crippen LogP contribution in [-0.4, -0.2) is 5.97 Å². The molecule has 2 aromatic rings. The van der Waals surface area contributed by atoms with Gasteiger partial charge in [0.2, 0.25) is 0 Å². The summed E-state index contributed by atoms with van der Waals surface area (Å²) in [5.74, 6) is -0.818.